The number of nitrogens with zero attached hydrogens (tertiary/aromatic N) is 1. The summed E-state index contributed by atoms with van der Waals surface area (Å²) >= 11 is 0. The van der Waals surface area contributed by atoms with Gasteiger partial charge in [0.1, 0.15) is 11.5 Å². The van der Waals surface area contributed by atoms with E-state index in [9.17, 15) is 14.7 Å². The fraction of sp³-hybridized carbons (Fsp3) is 0.263. The van der Waals surface area contributed by atoms with E-state index in [1.807, 2.05) is 30.3 Å². The minimum absolute atomic E-state index is 0.0799. The third kappa shape index (κ3) is 3.80. The largest absolute Gasteiger partial charge is 0.457 e. The van der Waals surface area contributed by atoms with Crippen molar-refractivity contribution in [2.24, 2.45) is 5.73 Å². The van der Waals surface area contributed by atoms with Gasteiger partial charge in [-0.1, -0.05) is 18.2 Å². The zero-order valence-corrected chi connectivity index (χ0v) is 13.7. The Balaban J connectivity index is 1.69. The Bertz CT molecular complexity index is 761. The smallest absolute Gasteiger partial charge is 0.253 e. The van der Waals surface area contributed by atoms with Crippen LogP contribution in [0.15, 0.2) is 54.6 Å². The van der Waals surface area contributed by atoms with Gasteiger partial charge in [-0.05, 0) is 49.2 Å². The quantitative estimate of drug-likeness (QED) is 0.889. The maximum Gasteiger partial charge on any atom is 0.253 e. The molecule has 0 aromatic heterocycles. The lowest BCUT2D eigenvalue weighted by Gasteiger charge is -2.37. The molecule has 3 rings (SSSR count). The summed E-state index contributed by atoms with van der Waals surface area (Å²) in [7, 11) is 0. The molecule has 3 N–H and O–H groups in total. The summed E-state index contributed by atoms with van der Waals surface area (Å²) in [4.78, 5) is 25.5. The first kappa shape index (κ1) is 17.0. The number of β-amino-alcohol motifs (C(OH)–C–C–N with tert-alkyl or cyclic N) is 1. The van der Waals surface area contributed by atoms with Crippen LogP contribution >= 0.6 is 0 Å². The first-order chi connectivity index (χ1) is 12.0. The van der Waals surface area contributed by atoms with Crippen LogP contribution in [-0.2, 0) is 4.79 Å². The van der Waals surface area contributed by atoms with Gasteiger partial charge < -0.3 is 20.5 Å². The van der Waals surface area contributed by atoms with E-state index in [2.05, 4.69) is 0 Å². The van der Waals surface area contributed by atoms with E-state index in [1.165, 1.54) is 4.90 Å². The predicted octanol–water partition coefficient (Wildman–Crippen LogP) is 1.93. The Morgan fingerprint density at radius 3 is 2.32 bits per heavy atom. The summed E-state index contributed by atoms with van der Waals surface area (Å²) < 4.78 is 5.70. The number of aliphatic hydroxyl groups is 1. The zero-order valence-electron chi connectivity index (χ0n) is 13.7. The normalized spacial score (nSPS) is 20.1. The lowest BCUT2D eigenvalue weighted by molar-refractivity contribution is -0.140. The van der Waals surface area contributed by atoms with Crippen molar-refractivity contribution in [2.75, 3.05) is 13.1 Å². The van der Waals surface area contributed by atoms with Gasteiger partial charge in [0, 0.05) is 12.1 Å². The molecule has 1 aliphatic heterocycles. The summed E-state index contributed by atoms with van der Waals surface area (Å²) in [5, 5.41) is 10.2. The van der Waals surface area contributed by atoms with Crippen LogP contribution in [0.1, 0.15) is 23.2 Å². The van der Waals surface area contributed by atoms with Crippen molar-refractivity contribution in [2.45, 2.75) is 18.4 Å². The molecule has 1 atom stereocenters. The topological polar surface area (TPSA) is 92.9 Å². The van der Waals surface area contributed by atoms with Crippen LogP contribution < -0.4 is 10.5 Å². The molecular formula is C19H20N2O4. The van der Waals surface area contributed by atoms with E-state index in [1.54, 1.807) is 24.3 Å². The molecule has 0 spiro atoms. The third-order valence-electron chi connectivity index (χ3n) is 4.30. The van der Waals surface area contributed by atoms with Gasteiger partial charge in [0.15, 0.2) is 5.60 Å². The Morgan fingerprint density at radius 1 is 1.04 bits per heavy atom. The average molecular weight is 340 g/mol. The molecule has 1 aliphatic rings. The molecule has 1 saturated heterocycles. The highest BCUT2D eigenvalue weighted by atomic mass is 16.5. The van der Waals surface area contributed by atoms with Gasteiger partial charge in [0.25, 0.3) is 11.8 Å². The predicted molar refractivity (Wildman–Crippen MR) is 92.2 cm³/mol. The van der Waals surface area contributed by atoms with E-state index >= 15 is 0 Å². The summed E-state index contributed by atoms with van der Waals surface area (Å²) in [6.07, 6.45) is 0.802. The molecule has 6 heteroatoms. The first-order valence-electron chi connectivity index (χ1n) is 8.12. The van der Waals surface area contributed by atoms with Crippen molar-refractivity contribution < 1.29 is 19.4 Å². The molecule has 6 nitrogen and oxygen atoms in total. The number of carbonyl (C=O) groups is 2. The van der Waals surface area contributed by atoms with Gasteiger partial charge in [0.05, 0.1) is 6.54 Å². The molecule has 25 heavy (non-hydrogen) atoms. The molecule has 2 aromatic carbocycles. The van der Waals surface area contributed by atoms with E-state index in [0.29, 0.717) is 30.0 Å². The molecule has 1 heterocycles. The molecule has 0 radical (unpaired) electrons. The van der Waals surface area contributed by atoms with Crippen molar-refractivity contribution in [1.29, 1.82) is 0 Å². The molecule has 0 bridgehead atoms. The van der Waals surface area contributed by atoms with Crippen molar-refractivity contribution in [3.63, 3.8) is 0 Å². The van der Waals surface area contributed by atoms with Crippen LogP contribution in [0.2, 0.25) is 0 Å². The Labute approximate surface area is 145 Å². The number of nitrogens with two attached hydrogens (primary N) is 1. The average Bonchev–Trinajstić information content (AvgIpc) is 2.62. The summed E-state index contributed by atoms with van der Waals surface area (Å²) in [6.45, 7) is 0.403. The molecule has 1 unspecified atom stereocenters. The monoisotopic (exact) mass is 340 g/mol. The number of carbonyl (C=O) groups excluding carboxylic acids is 2. The van der Waals surface area contributed by atoms with Crippen LogP contribution in [0, 0.1) is 0 Å². The highest BCUT2D eigenvalue weighted by Gasteiger charge is 2.40. The SMILES string of the molecule is NC(=O)C1(O)CCCN(C(=O)c2ccc(Oc3ccccc3)cc2)C1. The standard InChI is InChI=1S/C19H20N2O4/c20-18(23)19(24)11-4-12-21(13-19)17(22)14-7-9-16(10-8-14)25-15-5-2-1-3-6-15/h1-3,5-10,24H,4,11-13H2,(H2,20,23). The minimum atomic E-state index is -1.65. The second-order valence-electron chi connectivity index (χ2n) is 6.17. The van der Waals surface area contributed by atoms with E-state index < -0.39 is 11.5 Å². The van der Waals surface area contributed by atoms with E-state index in [4.69, 9.17) is 10.5 Å². The number of amides is 2. The zero-order chi connectivity index (χ0) is 17.9. The second-order valence-corrected chi connectivity index (χ2v) is 6.17. The van der Waals surface area contributed by atoms with Crippen LogP contribution in [0.5, 0.6) is 11.5 Å². The van der Waals surface area contributed by atoms with Crippen molar-refractivity contribution in [1.82, 2.24) is 4.90 Å². The molecule has 1 fully saturated rings. The van der Waals surface area contributed by atoms with Crippen LogP contribution in [0.25, 0.3) is 0 Å². The highest BCUT2D eigenvalue weighted by molar-refractivity contribution is 5.95. The van der Waals surface area contributed by atoms with Gasteiger partial charge in [-0.3, -0.25) is 9.59 Å². The highest BCUT2D eigenvalue weighted by Crippen LogP contribution is 2.24. The summed E-state index contributed by atoms with van der Waals surface area (Å²) in [6, 6.07) is 16.1. The van der Waals surface area contributed by atoms with Gasteiger partial charge in [0.2, 0.25) is 0 Å². The van der Waals surface area contributed by atoms with E-state index in [0.717, 1.165) is 0 Å². The van der Waals surface area contributed by atoms with Crippen molar-refractivity contribution in [3.8, 4) is 11.5 Å². The maximum atomic E-state index is 12.6. The molecular weight excluding hydrogens is 320 g/mol. The number of hydrogen-bond donors (Lipinski definition) is 2. The number of primary amides is 1. The van der Waals surface area contributed by atoms with Crippen LogP contribution in [0.3, 0.4) is 0 Å². The van der Waals surface area contributed by atoms with Crippen molar-refractivity contribution >= 4 is 11.8 Å². The van der Waals surface area contributed by atoms with Gasteiger partial charge in [-0.25, -0.2) is 0 Å². The van der Waals surface area contributed by atoms with Gasteiger partial charge >= 0.3 is 0 Å². The number of rotatable bonds is 4. The maximum absolute atomic E-state index is 12.6. The number of benzene rings is 2. The summed E-state index contributed by atoms with van der Waals surface area (Å²) in [5.74, 6) is 0.293. The number of ether oxygens (including phenoxy) is 1. The van der Waals surface area contributed by atoms with E-state index in [-0.39, 0.29) is 18.9 Å². The third-order valence-corrected chi connectivity index (χ3v) is 4.30. The number of piperidine rings is 1. The molecule has 2 amide bonds. The first-order valence-corrected chi connectivity index (χ1v) is 8.12. The fourth-order valence-electron chi connectivity index (χ4n) is 2.88. The van der Waals surface area contributed by atoms with Gasteiger partial charge in [-0.2, -0.15) is 0 Å². The second kappa shape index (κ2) is 6.94. The molecule has 0 aliphatic carbocycles. The Hall–Kier alpha value is -2.86. The number of likely N-dealkylation sites (tertiary alicyclic amines) is 1. The minimum Gasteiger partial charge on any atom is -0.457 e. The Morgan fingerprint density at radius 2 is 1.68 bits per heavy atom. The number of para-hydroxylation sites is 1. The lowest BCUT2D eigenvalue weighted by Crippen LogP contribution is -2.57. The molecule has 130 valence electrons. The molecule has 0 saturated carbocycles. The Kier molecular flexibility index (Phi) is 4.72. The van der Waals surface area contributed by atoms with Gasteiger partial charge in [-0.15, -0.1) is 0 Å². The molecule has 2 aromatic rings. The fourth-order valence-corrected chi connectivity index (χ4v) is 2.88. The van der Waals surface area contributed by atoms with Crippen molar-refractivity contribution in [3.05, 3.63) is 60.2 Å². The number of hydrogen-bond acceptors (Lipinski definition) is 4. The van der Waals surface area contributed by atoms with Crippen LogP contribution in [0.4, 0.5) is 0 Å². The lowest BCUT2D eigenvalue weighted by atomic mass is 9.92. The van der Waals surface area contributed by atoms with Crippen LogP contribution in [-0.4, -0.2) is 40.5 Å². The summed E-state index contributed by atoms with van der Waals surface area (Å²) in [5.41, 5.74) is 4.07.